The molecule has 110 valence electrons. The molecule has 0 atom stereocenters. The van der Waals surface area contributed by atoms with Crippen LogP contribution in [0.1, 0.15) is 65.6 Å². The monoisotopic (exact) mass is 274 g/mol. The third kappa shape index (κ3) is 3.84. The number of hydrogen-bond acceptors (Lipinski definition) is 2. The molecule has 2 nitrogen and oxygen atoms in total. The highest BCUT2D eigenvalue weighted by Gasteiger charge is 2.15. The van der Waals surface area contributed by atoms with Gasteiger partial charge in [0.1, 0.15) is 0 Å². The fraction of sp³-hybridized carbons (Fsp3) is 0.611. The Hall–Kier alpha value is -1.31. The van der Waals surface area contributed by atoms with Crippen molar-refractivity contribution in [2.45, 2.75) is 59.3 Å². The molecule has 0 unspecified atom stereocenters. The fourth-order valence-corrected chi connectivity index (χ4v) is 3.03. The lowest BCUT2D eigenvalue weighted by atomic mass is 9.87. The first-order chi connectivity index (χ1) is 9.58. The van der Waals surface area contributed by atoms with E-state index in [0.29, 0.717) is 12.2 Å². The molecule has 0 amide bonds. The molecule has 2 rings (SSSR count). The average molecular weight is 274 g/mol. The summed E-state index contributed by atoms with van der Waals surface area (Å²) in [7, 11) is 0. The Morgan fingerprint density at radius 3 is 2.30 bits per heavy atom. The minimum absolute atomic E-state index is 0.174. The summed E-state index contributed by atoms with van der Waals surface area (Å²) in [4.78, 5) is 12.1. The van der Waals surface area contributed by atoms with E-state index in [1.807, 2.05) is 26.0 Å². The molecule has 0 aromatic heterocycles. The number of benzene rings is 1. The Morgan fingerprint density at radius 2 is 1.70 bits per heavy atom. The van der Waals surface area contributed by atoms with Crippen molar-refractivity contribution in [1.82, 2.24) is 0 Å². The van der Waals surface area contributed by atoms with E-state index in [4.69, 9.17) is 4.74 Å². The van der Waals surface area contributed by atoms with E-state index in [2.05, 4.69) is 6.92 Å². The van der Waals surface area contributed by atoms with E-state index in [1.54, 1.807) is 0 Å². The number of rotatable bonds is 4. The maximum atomic E-state index is 12.1. The molecule has 0 heterocycles. The number of hydrogen-bond donors (Lipinski definition) is 0. The Labute approximate surface area is 122 Å². The zero-order chi connectivity index (χ0) is 14.5. The first-order valence-corrected chi connectivity index (χ1v) is 7.83. The van der Waals surface area contributed by atoms with Gasteiger partial charge in [0.2, 0.25) is 0 Å². The Kier molecular flexibility index (Phi) is 5.22. The standard InChI is InChI=1S/C18H26O2/c1-13-11-17(12-14(2)15(13)3)18(19)20-10-9-16-7-5-4-6-8-16/h11-12,16H,4-10H2,1-3H3. The second-order valence-electron chi connectivity index (χ2n) is 6.16. The SMILES string of the molecule is Cc1cc(C(=O)OCCC2CCCCC2)cc(C)c1C. The minimum Gasteiger partial charge on any atom is -0.462 e. The number of carbonyl (C=O) groups excluding carboxylic acids is 1. The van der Waals surface area contributed by atoms with Gasteiger partial charge in [-0.05, 0) is 61.9 Å². The van der Waals surface area contributed by atoms with Crippen LogP contribution < -0.4 is 0 Å². The molecule has 20 heavy (non-hydrogen) atoms. The lowest BCUT2D eigenvalue weighted by Crippen LogP contribution is -2.13. The summed E-state index contributed by atoms with van der Waals surface area (Å²) in [6, 6.07) is 3.87. The summed E-state index contributed by atoms with van der Waals surface area (Å²) in [6.07, 6.45) is 7.69. The Bertz CT molecular complexity index is 447. The number of aryl methyl sites for hydroxylation is 2. The summed E-state index contributed by atoms with van der Waals surface area (Å²) in [5, 5.41) is 0. The summed E-state index contributed by atoms with van der Waals surface area (Å²) >= 11 is 0. The third-order valence-electron chi connectivity index (χ3n) is 4.65. The van der Waals surface area contributed by atoms with Crippen molar-refractivity contribution in [3.05, 3.63) is 34.4 Å². The highest BCUT2D eigenvalue weighted by Crippen LogP contribution is 2.26. The summed E-state index contributed by atoms with van der Waals surface area (Å²) in [6.45, 7) is 6.74. The average Bonchev–Trinajstić information content (AvgIpc) is 2.45. The lowest BCUT2D eigenvalue weighted by molar-refractivity contribution is 0.0474. The van der Waals surface area contributed by atoms with Crippen molar-refractivity contribution < 1.29 is 9.53 Å². The maximum absolute atomic E-state index is 12.1. The van der Waals surface area contributed by atoms with Crippen molar-refractivity contribution in [3.8, 4) is 0 Å². The molecule has 0 saturated heterocycles. The Morgan fingerprint density at radius 1 is 1.10 bits per heavy atom. The molecule has 1 aliphatic rings. The van der Waals surface area contributed by atoms with Gasteiger partial charge in [0, 0.05) is 0 Å². The van der Waals surface area contributed by atoms with Gasteiger partial charge in [0.15, 0.2) is 0 Å². The fourth-order valence-electron chi connectivity index (χ4n) is 3.03. The molecule has 1 fully saturated rings. The topological polar surface area (TPSA) is 26.3 Å². The molecule has 0 aliphatic heterocycles. The quantitative estimate of drug-likeness (QED) is 0.741. The molecular weight excluding hydrogens is 248 g/mol. The predicted molar refractivity (Wildman–Crippen MR) is 82.1 cm³/mol. The van der Waals surface area contributed by atoms with Crippen LogP contribution in [0.15, 0.2) is 12.1 Å². The Balaban J connectivity index is 1.85. The smallest absolute Gasteiger partial charge is 0.338 e. The van der Waals surface area contributed by atoms with Crippen LogP contribution in [0.3, 0.4) is 0 Å². The zero-order valence-electron chi connectivity index (χ0n) is 13.0. The molecule has 1 aliphatic carbocycles. The molecule has 0 radical (unpaired) electrons. The molecule has 1 aromatic carbocycles. The van der Waals surface area contributed by atoms with Crippen LogP contribution in [-0.2, 0) is 4.74 Å². The highest BCUT2D eigenvalue weighted by atomic mass is 16.5. The number of carbonyl (C=O) groups is 1. The van der Waals surface area contributed by atoms with Gasteiger partial charge in [0.25, 0.3) is 0 Å². The molecule has 0 N–H and O–H groups in total. The van der Waals surface area contributed by atoms with Gasteiger partial charge in [0.05, 0.1) is 12.2 Å². The van der Waals surface area contributed by atoms with Crippen molar-refractivity contribution in [2.75, 3.05) is 6.61 Å². The summed E-state index contributed by atoms with van der Waals surface area (Å²) in [5.74, 6) is 0.588. The molecule has 1 aromatic rings. The molecular formula is C18H26O2. The van der Waals surface area contributed by atoms with Crippen LogP contribution in [0, 0.1) is 26.7 Å². The maximum Gasteiger partial charge on any atom is 0.338 e. The van der Waals surface area contributed by atoms with Crippen LogP contribution in [-0.4, -0.2) is 12.6 Å². The van der Waals surface area contributed by atoms with E-state index >= 15 is 0 Å². The van der Waals surface area contributed by atoms with Gasteiger partial charge in [-0.1, -0.05) is 32.1 Å². The van der Waals surface area contributed by atoms with E-state index in [9.17, 15) is 4.79 Å². The highest BCUT2D eigenvalue weighted by molar-refractivity contribution is 5.90. The van der Waals surface area contributed by atoms with Crippen molar-refractivity contribution >= 4 is 5.97 Å². The van der Waals surface area contributed by atoms with Crippen LogP contribution in [0.2, 0.25) is 0 Å². The van der Waals surface area contributed by atoms with Crippen molar-refractivity contribution in [1.29, 1.82) is 0 Å². The molecule has 2 heteroatoms. The van der Waals surface area contributed by atoms with Gasteiger partial charge < -0.3 is 4.74 Å². The largest absolute Gasteiger partial charge is 0.462 e. The zero-order valence-corrected chi connectivity index (χ0v) is 13.0. The molecule has 1 saturated carbocycles. The summed E-state index contributed by atoms with van der Waals surface area (Å²) in [5.41, 5.74) is 4.26. The van der Waals surface area contributed by atoms with Gasteiger partial charge in [-0.25, -0.2) is 4.79 Å². The number of ether oxygens (including phenoxy) is 1. The van der Waals surface area contributed by atoms with Gasteiger partial charge in [-0.2, -0.15) is 0 Å². The predicted octanol–water partition coefficient (Wildman–Crippen LogP) is 4.74. The minimum atomic E-state index is -0.174. The van der Waals surface area contributed by atoms with E-state index in [0.717, 1.165) is 23.5 Å². The first-order valence-electron chi connectivity index (χ1n) is 7.83. The summed E-state index contributed by atoms with van der Waals surface area (Å²) < 4.78 is 5.44. The lowest BCUT2D eigenvalue weighted by Gasteiger charge is -2.21. The van der Waals surface area contributed by atoms with E-state index in [-0.39, 0.29) is 5.97 Å². The van der Waals surface area contributed by atoms with Crippen LogP contribution in [0.4, 0.5) is 0 Å². The van der Waals surface area contributed by atoms with Crippen molar-refractivity contribution in [3.63, 3.8) is 0 Å². The van der Waals surface area contributed by atoms with Gasteiger partial charge in [-0.3, -0.25) is 0 Å². The van der Waals surface area contributed by atoms with Crippen LogP contribution in [0.25, 0.3) is 0 Å². The molecule has 0 spiro atoms. The van der Waals surface area contributed by atoms with Crippen molar-refractivity contribution in [2.24, 2.45) is 5.92 Å². The van der Waals surface area contributed by atoms with Crippen LogP contribution in [0.5, 0.6) is 0 Å². The van der Waals surface area contributed by atoms with E-state index in [1.165, 1.54) is 37.7 Å². The van der Waals surface area contributed by atoms with Crippen LogP contribution >= 0.6 is 0 Å². The van der Waals surface area contributed by atoms with Gasteiger partial charge in [-0.15, -0.1) is 0 Å². The second-order valence-corrected chi connectivity index (χ2v) is 6.16. The van der Waals surface area contributed by atoms with E-state index < -0.39 is 0 Å². The second kappa shape index (κ2) is 6.92. The number of esters is 1. The first kappa shape index (κ1) is 15.1. The molecule has 0 bridgehead atoms. The third-order valence-corrected chi connectivity index (χ3v) is 4.65. The van der Waals surface area contributed by atoms with Gasteiger partial charge >= 0.3 is 5.97 Å². The normalized spacial score (nSPS) is 16.1.